The third-order valence-corrected chi connectivity index (χ3v) is 3.72. The third-order valence-electron chi connectivity index (χ3n) is 3.72. The Labute approximate surface area is 125 Å². The molecule has 0 amide bonds. The molecule has 0 aliphatic carbocycles. The van der Waals surface area contributed by atoms with E-state index in [4.69, 9.17) is 9.47 Å². The summed E-state index contributed by atoms with van der Waals surface area (Å²) in [6, 6.07) is 0. The van der Waals surface area contributed by atoms with Gasteiger partial charge in [0.05, 0.1) is 19.3 Å². The molecule has 1 fully saturated rings. The van der Waals surface area contributed by atoms with Crippen molar-refractivity contribution in [3.05, 3.63) is 0 Å². The number of piperazine rings is 1. The maximum absolute atomic E-state index is 5.69. The topological polar surface area (TPSA) is 24.9 Å². The molecule has 4 heteroatoms. The molecule has 0 unspecified atom stereocenters. The fourth-order valence-electron chi connectivity index (χ4n) is 2.27. The van der Waals surface area contributed by atoms with Crippen LogP contribution in [-0.2, 0) is 9.47 Å². The Morgan fingerprint density at radius 2 is 1.35 bits per heavy atom. The van der Waals surface area contributed by atoms with Crippen LogP contribution < -0.4 is 0 Å². The van der Waals surface area contributed by atoms with E-state index in [1.807, 2.05) is 0 Å². The third kappa shape index (κ3) is 8.90. The van der Waals surface area contributed by atoms with Crippen LogP contribution >= 0.6 is 0 Å². The highest BCUT2D eigenvalue weighted by Gasteiger charge is 2.16. The molecule has 0 aromatic carbocycles. The highest BCUT2D eigenvalue weighted by molar-refractivity contribution is 4.71. The monoisotopic (exact) mass is 286 g/mol. The summed E-state index contributed by atoms with van der Waals surface area (Å²) in [5.41, 5.74) is 0. The maximum Gasteiger partial charge on any atom is 0.0596 e. The first-order valence-corrected chi connectivity index (χ1v) is 8.22. The molecule has 1 heterocycles. The molecule has 1 saturated heterocycles. The van der Waals surface area contributed by atoms with Crippen molar-refractivity contribution in [2.45, 2.75) is 40.2 Å². The number of hydrogen-bond acceptors (Lipinski definition) is 4. The molecule has 0 radical (unpaired) electrons. The summed E-state index contributed by atoms with van der Waals surface area (Å²) in [5.74, 6) is 0.742. The molecular formula is C16H34N2O2. The normalized spacial score (nSPS) is 18.3. The predicted octanol–water partition coefficient (Wildman–Crippen LogP) is 2.09. The molecule has 0 aromatic heterocycles. The van der Waals surface area contributed by atoms with E-state index in [0.29, 0.717) is 6.10 Å². The quantitative estimate of drug-likeness (QED) is 0.574. The van der Waals surface area contributed by atoms with E-state index in [1.54, 1.807) is 0 Å². The molecule has 0 bridgehead atoms. The minimum Gasteiger partial charge on any atom is -0.380 e. The highest BCUT2D eigenvalue weighted by atomic mass is 16.5. The lowest BCUT2D eigenvalue weighted by Crippen LogP contribution is -2.48. The fourth-order valence-corrected chi connectivity index (χ4v) is 2.27. The molecule has 20 heavy (non-hydrogen) atoms. The first-order chi connectivity index (χ1) is 9.58. The molecule has 1 rings (SSSR count). The van der Waals surface area contributed by atoms with Gasteiger partial charge in [0.2, 0.25) is 0 Å². The fraction of sp³-hybridized carbons (Fsp3) is 1.00. The molecule has 4 nitrogen and oxygen atoms in total. The number of nitrogens with zero attached hydrogens (tertiary/aromatic N) is 2. The van der Waals surface area contributed by atoms with Crippen molar-refractivity contribution in [2.75, 3.05) is 59.1 Å². The summed E-state index contributed by atoms with van der Waals surface area (Å²) >= 11 is 0. The van der Waals surface area contributed by atoms with Gasteiger partial charge in [-0.3, -0.25) is 9.80 Å². The Bertz CT molecular complexity index is 227. The second-order valence-electron chi connectivity index (χ2n) is 6.40. The number of rotatable bonds is 10. The van der Waals surface area contributed by atoms with Gasteiger partial charge in [-0.15, -0.1) is 0 Å². The highest BCUT2D eigenvalue weighted by Crippen LogP contribution is 2.03. The average molecular weight is 286 g/mol. The lowest BCUT2D eigenvalue weighted by molar-refractivity contribution is 0.0368. The van der Waals surface area contributed by atoms with Crippen LogP contribution in [0.4, 0.5) is 0 Å². The van der Waals surface area contributed by atoms with Gasteiger partial charge >= 0.3 is 0 Å². The molecule has 0 N–H and O–H groups in total. The number of ether oxygens (including phenoxy) is 2. The predicted molar refractivity (Wildman–Crippen MR) is 84.2 cm³/mol. The van der Waals surface area contributed by atoms with Gasteiger partial charge in [-0.2, -0.15) is 0 Å². The van der Waals surface area contributed by atoms with E-state index in [9.17, 15) is 0 Å². The van der Waals surface area contributed by atoms with Gasteiger partial charge in [-0.05, 0) is 26.2 Å². The Hall–Kier alpha value is -0.160. The van der Waals surface area contributed by atoms with Gasteiger partial charge in [-0.1, -0.05) is 13.8 Å². The van der Waals surface area contributed by atoms with Crippen LogP contribution in [0, 0.1) is 5.92 Å². The van der Waals surface area contributed by atoms with Crippen LogP contribution in [-0.4, -0.2) is 75.0 Å². The first-order valence-electron chi connectivity index (χ1n) is 8.22. The van der Waals surface area contributed by atoms with Gasteiger partial charge in [0.25, 0.3) is 0 Å². The summed E-state index contributed by atoms with van der Waals surface area (Å²) < 4.78 is 11.3. The molecular weight excluding hydrogens is 252 g/mol. The number of hydrogen-bond donors (Lipinski definition) is 0. The molecule has 1 aliphatic heterocycles. The summed E-state index contributed by atoms with van der Waals surface area (Å²) in [7, 11) is 0. The van der Waals surface area contributed by atoms with Gasteiger partial charge in [0, 0.05) is 45.9 Å². The van der Waals surface area contributed by atoms with Crippen LogP contribution in [0.3, 0.4) is 0 Å². The van der Waals surface area contributed by atoms with Crippen molar-refractivity contribution in [1.82, 2.24) is 9.80 Å². The van der Waals surface area contributed by atoms with Gasteiger partial charge in [0.15, 0.2) is 0 Å². The van der Waals surface area contributed by atoms with E-state index in [2.05, 4.69) is 37.5 Å². The standard InChI is InChI=1S/C16H34N2O2/c1-15(2)5-12-19-13-10-17-6-8-18(9-7-17)11-14-20-16(3)4/h15-16H,5-14H2,1-4H3. The minimum absolute atomic E-state index is 0.347. The lowest BCUT2D eigenvalue weighted by atomic mass is 10.1. The van der Waals surface area contributed by atoms with Crippen LogP contribution in [0.2, 0.25) is 0 Å². The summed E-state index contributed by atoms with van der Waals surface area (Å²) in [4.78, 5) is 5.01. The lowest BCUT2D eigenvalue weighted by Gasteiger charge is -2.34. The zero-order chi connectivity index (χ0) is 14.8. The van der Waals surface area contributed by atoms with Crippen molar-refractivity contribution in [3.63, 3.8) is 0 Å². The van der Waals surface area contributed by atoms with Gasteiger partial charge < -0.3 is 9.47 Å². The second kappa shape index (κ2) is 10.6. The van der Waals surface area contributed by atoms with Crippen molar-refractivity contribution < 1.29 is 9.47 Å². The summed E-state index contributed by atoms with van der Waals surface area (Å²) in [6.07, 6.45) is 1.52. The Balaban J connectivity index is 1.96. The molecule has 1 aliphatic rings. The molecule has 0 saturated carbocycles. The van der Waals surface area contributed by atoms with E-state index < -0.39 is 0 Å². The molecule has 0 atom stereocenters. The molecule has 0 spiro atoms. The largest absolute Gasteiger partial charge is 0.380 e. The van der Waals surface area contributed by atoms with Crippen molar-refractivity contribution >= 4 is 0 Å². The smallest absolute Gasteiger partial charge is 0.0596 e. The van der Waals surface area contributed by atoms with E-state index in [1.165, 1.54) is 6.42 Å². The zero-order valence-electron chi connectivity index (χ0n) is 13.9. The van der Waals surface area contributed by atoms with E-state index >= 15 is 0 Å². The minimum atomic E-state index is 0.347. The average Bonchev–Trinajstić information content (AvgIpc) is 2.39. The van der Waals surface area contributed by atoms with Crippen LogP contribution in [0.15, 0.2) is 0 Å². The van der Waals surface area contributed by atoms with Gasteiger partial charge in [-0.25, -0.2) is 0 Å². The summed E-state index contributed by atoms with van der Waals surface area (Å²) in [6.45, 7) is 18.1. The van der Waals surface area contributed by atoms with Crippen LogP contribution in [0.1, 0.15) is 34.1 Å². The Kier molecular flexibility index (Phi) is 9.44. The maximum atomic E-state index is 5.69. The van der Waals surface area contributed by atoms with E-state index in [0.717, 1.165) is 65.0 Å². The molecule has 120 valence electrons. The molecule has 0 aromatic rings. The van der Waals surface area contributed by atoms with Crippen molar-refractivity contribution in [1.29, 1.82) is 0 Å². The first kappa shape index (κ1) is 17.9. The van der Waals surface area contributed by atoms with Gasteiger partial charge in [0.1, 0.15) is 0 Å². The summed E-state index contributed by atoms with van der Waals surface area (Å²) in [5, 5.41) is 0. The Morgan fingerprint density at radius 3 is 1.85 bits per heavy atom. The van der Waals surface area contributed by atoms with Crippen LogP contribution in [0.5, 0.6) is 0 Å². The van der Waals surface area contributed by atoms with Crippen LogP contribution in [0.25, 0.3) is 0 Å². The Morgan fingerprint density at radius 1 is 0.800 bits per heavy atom. The SMILES string of the molecule is CC(C)CCOCCN1CCN(CCOC(C)C)CC1. The van der Waals surface area contributed by atoms with Crippen molar-refractivity contribution in [3.8, 4) is 0 Å². The van der Waals surface area contributed by atoms with Crippen molar-refractivity contribution in [2.24, 2.45) is 5.92 Å². The second-order valence-corrected chi connectivity index (χ2v) is 6.40. The van der Waals surface area contributed by atoms with E-state index in [-0.39, 0.29) is 0 Å². The zero-order valence-corrected chi connectivity index (χ0v) is 13.9.